The average molecular weight is 291 g/mol. The van der Waals surface area contributed by atoms with Gasteiger partial charge in [-0.1, -0.05) is 6.42 Å². The zero-order valence-corrected chi connectivity index (χ0v) is 10.8. The standard InChI is InChI=1S/C12H13N5O4/c1-2-20-3-6-8(18)9(19)12(21-6)17-5-16-7-10(13)14-4-15-11(7)17/h1,4-6,8-9,12,18-19H,3H2,(H2,13,14,15)/t6-,8-,9+,12-/m1/s1. The molecule has 0 bridgehead atoms. The number of rotatable bonds is 3. The highest BCUT2D eigenvalue weighted by Gasteiger charge is 2.44. The third kappa shape index (κ3) is 2.15. The van der Waals surface area contributed by atoms with Gasteiger partial charge < -0.3 is 25.4 Å². The van der Waals surface area contributed by atoms with Gasteiger partial charge in [-0.15, -0.1) is 0 Å². The number of imidazole rings is 1. The number of ether oxygens (including phenoxy) is 2. The van der Waals surface area contributed by atoms with Gasteiger partial charge >= 0.3 is 0 Å². The third-order valence-corrected chi connectivity index (χ3v) is 3.33. The fraction of sp³-hybridized carbons (Fsp3) is 0.417. The lowest BCUT2D eigenvalue weighted by atomic mass is 10.1. The fourth-order valence-corrected chi connectivity index (χ4v) is 2.28. The van der Waals surface area contributed by atoms with Gasteiger partial charge in [0.1, 0.15) is 42.9 Å². The Bertz CT molecular complexity index is 697. The second-order valence-corrected chi connectivity index (χ2v) is 4.56. The van der Waals surface area contributed by atoms with Crippen LogP contribution in [-0.4, -0.2) is 54.7 Å². The topological polar surface area (TPSA) is 129 Å². The van der Waals surface area contributed by atoms with Gasteiger partial charge in [0.2, 0.25) is 0 Å². The summed E-state index contributed by atoms with van der Waals surface area (Å²) in [7, 11) is 0. The maximum absolute atomic E-state index is 10.1. The summed E-state index contributed by atoms with van der Waals surface area (Å²) in [5.41, 5.74) is 6.50. The van der Waals surface area contributed by atoms with Crippen LogP contribution in [0.5, 0.6) is 0 Å². The van der Waals surface area contributed by atoms with Gasteiger partial charge in [-0.3, -0.25) is 4.57 Å². The summed E-state index contributed by atoms with van der Waals surface area (Å²) in [6, 6.07) is 0. The van der Waals surface area contributed by atoms with E-state index in [1.165, 1.54) is 17.2 Å². The number of nitrogen functional groups attached to an aromatic ring is 1. The van der Waals surface area contributed by atoms with E-state index in [2.05, 4.69) is 15.0 Å². The van der Waals surface area contributed by atoms with Crippen molar-refractivity contribution in [3.8, 4) is 12.5 Å². The number of hydrogen-bond acceptors (Lipinski definition) is 8. The van der Waals surface area contributed by atoms with Gasteiger partial charge in [-0.2, -0.15) is 0 Å². The lowest BCUT2D eigenvalue weighted by Crippen LogP contribution is -2.33. The van der Waals surface area contributed by atoms with E-state index in [9.17, 15) is 10.2 Å². The number of nitrogens with zero attached hydrogens (tertiary/aromatic N) is 4. The molecule has 1 fully saturated rings. The molecule has 110 valence electrons. The molecule has 9 heteroatoms. The van der Waals surface area contributed by atoms with Crippen LogP contribution in [0.3, 0.4) is 0 Å². The van der Waals surface area contributed by atoms with E-state index in [1.54, 1.807) is 0 Å². The van der Waals surface area contributed by atoms with Crippen molar-refractivity contribution in [1.29, 1.82) is 0 Å². The zero-order valence-electron chi connectivity index (χ0n) is 10.8. The minimum atomic E-state index is -1.18. The van der Waals surface area contributed by atoms with Crippen LogP contribution in [0.25, 0.3) is 11.2 Å². The van der Waals surface area contributed by atoms with Crippen LogP contribution < -0.4 is 5.73 Å². The lowest BCUT2D eigenvalue weighted by molar-refractivity contribution is -0.0509. The molecule has 0 spiro atoms. The molecule has 4 N–H and O–H groups in total. The molecule has 9 nitrogen and oxygen atoms in total. The number of aromatic nitrogens is 4. The van der Waals surface area contributed by atoms with Gasteiger partial charge in [0.25, 0.3) is 0 Å². The summed E-state index contributed by atoms with van der Waals surface area (Å²) in [6.45, 7) is -0.0328. The highest BCUT2D eigenvalue weighted by atomic mass is 16.6. The molecule has 21 heavy (non-hydrogen) atoms. The second-order valence-electron chi connectivity index (χ2n) is 4.56. The van der Waals surface area contributed by atoms with Crippen molar-refractivity contribution in [3.05, 3.63) is 12.7 Å². The Morgan fingerprint density at radius 2 is 2.19 bits per heavy atom. The van der Waals surface area contributed by atoms with E-state index in [0.29, 0.717) is 11.2 Å². The third-order valence-electron chi connectivity index (χ3n) is 3.33. The number of fused-ring (bicyclic) bond motifs is 1. The molecule has 1 aliphatic heterocycles. The van der Waals surface area contributed by atoms with Crippen LogP contribution in [0, 0.1) is 12.5 Å². The SMILES string of the molecule is C#COC[C@H]1O[C@@H](n2cnc3c(N)ncnc32)[C@@H](O)[C@@H]1O. The number of terminal acetylenes is 1. The van der Waals surface area contributed by atoms with Gasteiger partial charge in [-0.25, -0.2) is 15.0 Å². The maximum atomic E-state index is 10.1. The maximum Gasteiger partial charge on any atom is 0.167 e. The summed E-state index contributed by atoms with van der Waals surface area (Å²) in [4.78, 5) is 12.0. The van der Waals surface area contributed by atoms with Crippen molar-refractivity contribution in [2.45, 2.75) is 24.5 Å². The second kappa shape index (κ2) is 5.17. The van der Waals surface area contributed by atoms with Crippen LogP contribution >= 0.6 is 0 Å². The Balaban J connectivity index is 1.92. The molecule has 0 unspecified atom stereocenters. The fourth-order valence-electron chi connectivity index (χ4n) is 2.28. The van der Waals surface area contributed by atoms with Gasteiger partial charge in [0.05, 0.1) is 6.33 Å². The monoisotopic (exact) mass is 291 g/mol. The molecule has 0 aliphatic carbocycles. The molecule has 2 aromatic rings. The quantitative estimate of drug-likeness (QED) is 0.591. The van der Waals surface area contributed by atoms with Crippen molar-refractivity contribution < 1.29 is 19.7 Å². The Hall–Kier alpha value is -2.41. The Morgan fingerprint density at radius 1 is 1.38 bits per heavy atom. The molecular formula is C12H13N5O4. The van der Waals surface area contributed by atoms with Crippen LogP contribution in [0.2, 0.25) is 0 Å². The molecule has 2 aromatic heterocycles. The highest BCUT2D eigenvalue weighted by molar-refractivity contribution is 5.81. The summed E-state index contributed by atoms with van der Waals surface area (Å²) < 4.78 is 11.8. The van der Waals surface area contributed by atoms with Crippen LogP contribution in [-0.2, 0) is 9.47 Å². The minimum Gasteiger partial charge on any atom is -0.444 e. The first kappa shape index (κ1) is 13.6. The largest absolute Gasteiger partial charge is 0.444 e. The Labute approximate surface area is 119 Å². The predicted molar refractivity (Wildman–Crippen MR) is 70.4 cm³/mol. The van der Waals surface area contributed by atoms with Crippen LogP contribution in [0.1, 0.15) is 6.23 Å². The number of hydrogen-bond donors (Lipinski definition) is 3. The van der Waals surface area contributed by atoms with E-state index in [4.69, 9.17) is 21.6 Å². The molecule has 1 aliphatic rings. The van der Waals surface area contributed by atoms with Gasteiger partial charge in [0.15, 0.2) is 17.7 Å². The molecule has 1 saturated heterocycles. The molecule has 3 rings (SSSR count). The minimum absolute atomic E-state index is 0.0328. The zero-order chi connectivity index (χ0) is 15.0. The van der Waals surface area contributed by atoms with Crippen LogP contribution in [0.15, 0.2) is 12.7 Å². The molecule has 0 aromatic carbocycles. The van der Waals surface area contributed by atoms with E-state index < -0.39 is 24.5 Å². The van der Waals surface area contributed by atoms with Crippen molar-refractivity contribution in [2.75, 3.05) is 12.3 Å². The Kier molecular flexibility index (Phi) is 3.34. The molecule has 0 amide bonds. The van der Waals surface area contributed by atoms with E-state index >= 15 is 0 Å². The molecule has 0 saturated carbocycles. The summed E-state index contributed by atoms with van der Waals surface area (Å²) >= 11 is 0. The predicted octanol–water partition coefficient (Wildman–Crippen LogP) is -1.36. The van der Waals surface area contributed by atoms with Gasteiger partial charge in [-0.05, 0) is 0 Å². The summed E-state index contributed by atoms with van der Waals surface area (Å²) in [5, 5.41) is 20.1. The first-order chi connectivity index (χ1) is 10.1. The molecule has 0 radical (unpaired) electrons. The highest BCUT2D eigenvalue weighted by Crippen LogP contribution is 2.31. The Morgan fingerprint density at radius 3 is 2.95 bits per heavy atom. The molecule has 3 heterocycles. The van der Waals surface area contributed by atoms with Gasteiger partial charge in [0, 0.05) is 0 Å². The number of aliphatic hydroxyl groups is 2. The number of aliphatic hydroxyl groups excluding tert-OH is 2. The molecule has 4 atom stereocenters. The van der Waals surface area contributed by atoms with Crippen LogP contribution in [0.4, 0.5) is 5.82 Å². The van der Waals surface area contributed by atoms with Crippen molar-refractivity contribution in [1.82, 2.24) is 19.5 Å². The van der Waals surface area contributed by atoms with E-state index in [0.717, 1.165) is 0 Å². The van der Waals surface area contributed by atoms with Crippen molar-refractivity contribution in [2.24, 2.45) is 0 Å². The average Bonchev–Trinajstić information content (AvgIpc) is 3.02. The smallest absolute Gasteiger partial charge is 0.167 e. The lowest BCUT2D eigenvalue weighted by Gasteiger charge is -2.16. The normalized spacial score (nSPS) is 28.6. The molecular weight excluding hydrogens is 278 g/mol. The number of anilines is 1. The number of nitrogens with two attached hydrogens (primary N) is 1. The first-order valence-electron chi connectivity index (χ1n) is 6.15. The van der Waals surface area contributed by atoms with Crippen molar-refractivity contribution in [3.63, 3.8) is 0 Å². The summed E-state index contributed by atoms with van der Waals surface area (Å²) in [6.07, 6.45) is 5.74. The summed E-state index contributed by atoms with van der Waals surface area (Å²) in [5.74, 6) is 0.221. The first-order valence-corrected chi connectivity index (χ1v) is 6.15. The van der Waals surface area contributed by atoms with Crippen molar-refractivity contribution >= 4 is 17.0 Å². The van der Waals surface area contributed by atoms with E-state index in [-0.39, 0.29) is 12.4 Å². The van der Waals surface area contributed by atoms with E-state index in [1.807, 2.05) is 6.11 Å².